The molecule has 0 aliphatic heterocycles. The van der Waals surface area contributed by atoms with E-state index in [4.69, 9.17) is 0 Å². The van der Waals surface area contributed by atoms with Crippen molar-refractivity contribution in [3.63, 3.8) is 0 Å². The van der Waals surface area contributed by atoms with E-state index in [2.05, 4.69) is 5.32 Å². The Balaban J connectivity index is 1.68. The maximum atomic E-state index is 13.3. The molecule has 0 fully saturated rings. The number of fused-ring (bicyclic) bond motifs is 1. The lowest BCUT2D eigenvalue weighted by atomic mass is 10.1. The van der Waals surface area contributed by atoms with Crippen LogP contribution in [-0.2, 0) is 21.0 Å². The van der Waals surface area contributed by atoms with Crippen LogP contribution < -0.4 is 9.62 Å². The van der Waals surface area contributed by atoms with Crippen molar-refractivity contribution in [1.29, 1.82) is 0 Å². The molecule has 0 radical (unpaired) electrons. The van der Waals surface area contributed by atoms with Crippen molar-refractivity contribution in [1.82, 2.24) is 0 Å². The van der Waals surface area contributed by atoms with Crippen LogP contribution in [0.5, 0.6) is 0 Å². The summed E-state index contributed by atoms with van der Waals surface area (Å²) >= 11 is 0. The zero-order valence-corrected chi connectivity index (χ0v) is 18.5. The zero-order chi connectivity index (χ0) is 24.3. The number of sulfonamides is 1. The molecule has 34 heavy (non-hydrogen) atoms. The Hall–Kier alpha value is -3.85. The number of amides is 1. The topological polar surface area (TPSA) is 66.5 Å². The molecule has 1 amide bonds. The number of carbonyl (C=O) groups is 1. The Labute approximate surface area is 194 Å². The normalized spacial score (nSPS) is 11.9. The first kappa shape index (κ1) is 23.3. The average Bonchev–Trinajstić information content (AvgIpc) is 2.82. The minimum absolute atomic E-state index is 0.147. The van der Waals surface area contributed by atoms with Gasteiger partial charge in [-0.3, -0.25) is 9.10 Å². The molecule has 0 aromatic heterocycles. The average molecular weight is 484 g/mol. The molecule has 4 aromatic carbocycles. The summed E-state index contributed by atoms with van der Waals surface area (Å²) in [6.07, 6.45) is -4.68. The fourth-order valence-electron chi connectivity index (χ4n) is 3.47. The summed E-state index contributed by atoms with van der Waals surface area (Å²) in [4.78, 5) is 12.7. The molecule has 9 heteroatoms. The van der Waals surface area contributed by atoms with Gasteiger partial charge in [-0.25, -0.2) is 8.42 Å². The van der Waals surface area contributed by atoms with Crippen molar-refractivity contribution in [3.8, 4) is 0 Å². The molecule has 0 saturated heterocycles. The van der Waals surface area contributed by atoms with Gasteiger partial charge in [-0.1, -0.05) is 54.6 Å². The van der Waals surface area contributed by atoms with Gasteiger partial charge in [-0.2, -0.15) is 13.2 Å². The molecule has 5 nitrogen and oxygen atoms in total. The zero-order valence-electron chi connectivity index (χ0n) is 17.7. The molecule has 0 atom stereocenters. The van der Waals surface area contributed by atoms with Gasteiger partial charge in [0.1, 0.15) is 6.54 Å². The predicted octanol–water partition coefficient (Wildman–Crippen LogP) is 5.69. The molecule has 174 valence electrons. The first-order valence-electron chi connectivity index (χ1n) is 10.2. The largest absolute Gasteiger partial charge is 0.416 e. The second kappa shape index (κ2) is 9.18. The van der Waals surface area contributed by atoms with Gasteiger partial charge in [-0.05, 0) is 53.2 Å². The lowest BCUT2D eigenvalue weighted by molar-refractivity contribution is -0.137. The number of benzene rings is 4. The monoisotopic (exact) mass is 484 g/mol. The molecule has 0 spiro atoms. The molecule has 0 heterocycles. The summed E-state index contributed by atoms with van der Waals surface area (Å²) in [6, 6.07) is 23.8. The van der Waals surface area contributed by atoms with E-state index >= 15 is 0 Å². The fraction of sp³-hybridized carbons (Fsp3) is 0.0800. The van der Waals surface area contributed by atoms with Crippen molar-refractivity contribution in [2.45, 2.75) is 11.1 Å². The number of hydrogen-bond donors (Lipinski definition) is 1. The number of anilines is 2. The van der Waals surface area contributed by atoms with Gasteiger partial charge < -0.3 is 5.32 Å². The fourth-order valence-corrected chi connectivity index (χ4v) is 4.90. The third-order valence-corrected chi connectivity index (χ3v) is 6.90. The summed E-state index contributed by atoms with van der Waals surface area (Å²) in [6.45, 7) is -0.717. The van der Waals surface area contributed by atoms with Crippen molar-refractivity contribution in [2.24, 2.45) is 0 Å². The van der Waals surface area contributed by atoms with Crippen LogP contribution >= 0.6 is 0 Å². The number of nitrogens with one attached hydrogen (secondary N) is 1. The second-order valence-electron chi connectivity index (χ2n) is 7.48. The van der Waals surface area contributed by atoms with E-state index in [0.717, 1.165) is 22.9 Å². The third kappa shape index (κ3) is 5.04. The lowest BCUT2D eigenvalue weighted by Crippen LogP contribution is -2.38. The van der Waals surface area contributed by atoms with Crippen molar-refractivity contribution >= 4 is 38.1 Å². The molecule has 0 aliphatic rings. The SMILES string of the molecule is O=C(CN(c1cccc(C(F)(F)F)c1)S(=O)(=O)c1ccccc1)Nc1ccc2ccccc2c1. The Kier molecular flexibility index (Phi) is 6.30. The maximum Gasteiger partial charge on any atom is 0.416 e. The molecule has 4 rings (SSSR count). The number of nitrogens with zero attached hydrogens (tertiary/aromatic N) is 1. The summed E-state index contributed by atoms with van der Waals surface area (Å²) in [5.74, 6) is -0.702. The highest BCUT2D eigenvalue weighted by atomic mass is 32.2. The number of carbonyl (C=O) groups excluding carboxylic acids is 1. The van der Waals surface area contributed by atoms with Crippen LogP contribution in [0.4, 0.5) is 24.5 Å². The van der Waals surface area contributed by atoms with Gasteiger partial charge in [0.05, 0.1) is 16.1 Å². The van der Waals surface area contributed by atoms with Gasteiger partial charge in [0, 0.05) is 5.69 Å². The minimum Gasteiger partial charge on any atom is -0.324 e. The van der Waals surface area contributed by atoms with Crippen LogP contribution in [0.3, 0.4) is 0 Å². The quantitative estimate of drug-likeness (QED) is 0.382. The minimum atomic E-state index is -4.68. The highest BCUT2D eigenvalue weighted by Crippen LogP contribution is 2.33. The van der Waals surface area contributed by atoms with Crippen LogP contribution in [0.1, 0.15) is 5.56 Å². The standard InChI is InChI=1S/C25H19F3N2O3S/c26-25(27,28)20-9-6-10-22(16-20)30(34(32,33)23-11-2-1-3-12-23)17-24(31)29-21-14-13-18-7-4-5-8-19(18)15-21/h1-16H,17H2,(H,29,31). The smallest absolute Gasteiger partial charge is 0.324 e. The molecular formula is C25H19F3N2O3S. The first-order chi connectivity index (χ1) is 16.1. The van der Waals surface area contributed by atoms with Gasteiger partial charge in [0.15, 0.2) is 0 Å². The van der Waals surface area contributed by atoms with Gasteiger partial charge in [-0.15, -0.1) is 0 Å². The summed E-state index contributed by atoms with van der Waals surface area (Å²) in [5.41, 5.74) is -0.856. The Bertz CT molecular complexity index is 1440. The van der Waals surface area contributed by atoms with Crippen LogP contribution in [0, 0.1) is 0 Å². The van der Waals surface area contributed by atoms with E-state index in [-0.39, 0.29) is 10.6 Å². The number of halogens is 3. The van der Waals surface area contributed by atoms with E-state index in [1.807, 2.05) is 24.3 Å². The highest BCUT2D eigenvalue weighted by molar-refractivity contribution is 7.92. The molecule has 0 aliphatic carbocycles. The van der Waals surface area contributed by atoms with Crippen LogP contribution in [0.2, 0.25) is 0 Å². The lowest BCUT2D eigenvalue weighted by Gasteiger charge is -2.25. The van der Waals surface area contributed by atoms with Gasteiger partial charge >= 0.3 is 6.18 Å². The van der Waals surface area contributed by atoms with E-state index in [0.29, 0.717) is 16.1 Å². The van der Waals surface area contributed by atoms with Gasteiger partial charge in [0.2, 0.25) is 5.91 Å². The van der Waals surface area contributed by atoms with Crippen molar-refractivity contribution in [3.05, 3.63) is 103 Å². The Morgan fingerprint density at radius 1 is 0.794 bits per heavy atom. The van der Waals surface area contributed by atoms with E-state index in [9.17, 15) is 26.4 Å². The third-order valence-electron chi connectivity index (χ3n) is 5.11. The summed E-state index contributed by atoms with van der Waals surface area (Å²) in [7, 11) is -4.33. The summed E-state index contributed by atoms with van der Waals surface area (Å²) < 4.78 is 67.2. The van der Waals surface area contributed by atoms with Crippen molar-refractivity contribution < 1.29 is 26.4 Å². The van der Waals surface area contributed by atoms with Crippen LogP contribution in [0.15, 0.2) is 102 Å². The predicted molar refractivity (Wildman–Crippen MR) is 125 cm³/mol. The maximum absolute atomic E-state index is 13.3. The molecule has 4 aromatic rings. The highest BCUT2D eigenvalue weighted by Gasteiger charge is 2.33. The van der Waals surface area contributed by atoms with Gasteiger partial charge in [0.25, 0.3) is 10.0 Å². The number of alkyl halides is 3. The Morgan fingerprint density at radius 3 is 2.18 bits per heavy atom. The molecule has 0 unspecified atom stereocenters. The number of hydrogen-bond acceptors (Lipinski definition) is 3. The molecule has 0 saturated carbocycles. The molecule has 1 N–H and O–H groups in total. The molecular weight excluding hydrogens is 465 g/mol. The van der Waals surface area contributed by atoms with Crippen molar-refractivity contribution in [2.75, 3.05) is 16.2 Å². The van der Waals surface area contributed by atoms with E-state index < -0.39 is 34.2 Å². The van der Waals surface area contributed by atoms with Crippen LogP contribution in [0.25, 0.3) is 10.8 Å². The number of rotatable bonds is 6. The molecule has 0 bridgehead atoms. The van der Waals surface area contributed by atoms with E-state index in [1.165, 1.54) is 30.3 Å². The first-order valence-corrected chi connectivity index (χ1v) is 11.6. The Morgan fingerprint density at radius 2 is 1.47 bits per heavy atom. The summed E-state index contributed by atoms with van der Waals surface area (Å²) in [5, 5.41) is 4.46. The van der Waals surface area contributed by atoms with E-state index in [1.54, 1.807) is 24.3 Å². The van der Waals surface area contributed by atoms with Crippen LogP contribution in [-0.4, -0.2) is 20.9 Å². The second-order valence-corrected chi connectivity index (χ2v) is 9.35.